The SMILES string of the molecule is Cc1ccccc1C(O)C(S)C(C)c1ccc(C#N)cc1. The molecule has 0 aromatic heterocycles. The number of nitriles is 1. The molecule has 108 valence electrons. The number of benzene rings is 2. The van der Waals surface area contributed by atoms with Gasteiger partial charge < -0.3 is 5.11 Å². The molecule has 3 unspecified atom stereocenters. The third-order valence-electron chi connectivity index (χ3n) is 3.91. The Kier molecular flexibility index (Phi) is 5.06. The van der Waals surface area contributed by atoms with E-state index in [0.717, 1.165) is 16.7 Å². The molecule has 0 aliphatic carbocycles. The topological polar surface area (TPSA) is 44.0 Å². The molecule has 2 aromatic carbocycles. The van der Waals surface area contributed by atoms with Crippen molar-refractivity contribution >= 4 is 12.6 Å². The Hall–Kier alpha value is -1.76. The third kappa shape index (κ3) is 3.47. The molecule has 0 aliphatic rings. The van der Waals surface area contributed by atoms with Gasteiger partial charge in [-0.05, 0) is 41.7 Å². The van der Waals surface area contributed by atoms with Crippen LogP contribution in [0.25, 0.3) is 0 Å². The van der Waals surface area contributed by atoms with Crippen LogP contribution >= 0.6 is 12.6 Å². The van der Waals surface area contributed by atoms with Crippen molar-refractivity contribution in [2.24, 2.45) is 0 Å². The summed E-state index contributed by atoms with van der Waals surface area (Å²) in [6, 6.07) is 17.4. The smallest absolute Gasteiger partial charge is 0.0991 e. The predicted molar refractivity (Wildman–Crippen MR) is 88.5 cm³/mol. The Labute approximate surface area is 131 Å². The van der Waals surface area contributed by atoms with Crippen LogP contribution < -0.4 is 0 Å². The molecule has 0 spiro atoms. The Morgan fingerprint density at radius 3 is 2.29 bits per heavy atom. The first-order valence-electron chi connectivity index (χ1n) is 6.96. The van der Waals surface area contributed by atoms with E-state index in [0.29, 0.717) is 5.56 Å². The second kappa shape index (κ2) is 6.80. The summed E-state index contributed by atoms with van der Waals surface area (Å²) in [4.78, 5) is 0. The van der Waals surface area contributed by atoms with E-state index in [1.165, 1.54) is 0 Å². The Morgan fingerprint density at radius 1 is 1.10 bits per heavy atom. The molecule has 0 bridgehead atoms. The first kappa shape index (κ1) is 15.6. The molecular weight excluding hydrogens is 278 g/mol. The molecule has 2 nitrogen and oxygen atoms in total. The second-order valence-electron chi connectivity index (χ2n) is 5.31. The van der Waals surface area contributed by atoms with Crippen LogP contribution in [0.5, 0.6) is 0 Å². The van der Waals surface area contributed by atoms with Crippen LogP contribution in [0.3, 0.4) is 0 Å². The quantitative estimate of drug-likeness (QED) is 0.838. The van der Waals surface area contributed by atoms with Gasteiger partial charge in [0.2, 0.25) is 0 Å². The molecule has 0 saturated carbocycles. The van der Waals surface area contributed by atoms with Gasteiger partial charge in [0.25, 0.3) is 0 Å². The highest BCUT2D eigenvalue weighted by Gasteiger charge is 2.25. The molecule has 0 fully saturated rings. The van der Waals surface area contributed by atoms with Crippen molar-refractivity contribution in [3.63, 3.8) is 0 Å². The van der Waals surface area contributed by atoms with Gasteiger partial charge in [-0.1, -0.05) is 43.3 Å². The average Bonchev–Trinajstić information content (AvgIpc) is 2.53. The molecule has 0 saturated heterocycles. The fourth-order valence-corrected chi connectivity index (χ4v) is 2.77. The van der Waals surface area contributed by atoms with Gasteiger partial charge in [0, 0.05) is 5.25 Å². The number of nitrogens with zero attached hydrogens (tertiary/aromatic N) is 1. The highest BCUT2D eigenvalue weighted by atomic mass is 32.1. The highest BCUT2D eigenvalue weighted by Crippen LogP contribution is 2.33. The van der Waals surface area contributed by atoms with Crippen LogP contribution in [-0.2, 0) is 0 Å². The van der Waals surface area contributed by atoms with Gasteiger partial charge >= 0.3 is 0 Å². The lowest BCUT2D eigenvalue weighted by Crippen LogP contribution is -2.20. The van der Waals surface area contributed by atoms with Crippen LogP contribution in [0.15, 0.2) is 48.5 Å². The summed E-state index contributed by atoms with van der Waals surface area (Å²) < 4.78 is 0. The summed E-state index contributed by atoms with van der Waals surface area (Å²) >= 11 is 4.62. The molecular formula is C18H19NOS. The highest BCUT2D eigenvalue weighted by molar-refractivity contribution is 7.81. The normalized spacial score (nSPS) is 15.0. The minimum atomic E-state index is -0.625. The summed E-state index contributed by atoms with van der Waals surface area (Å²) in [5.41, 5.74) is 3.69. The summed E-state index contributed by atoms with van der Waals surface area (Å²) in [5, 5.41) is 19.2. The number of aliphatic hydroxyl groups excluding tert-OH is 1. The van der Waals surface area contributed by atoms with E-state index in [2.05, 4.69) is 18.7 Å². The maximum absolute atomic E-state index is 10.6. The van der Waals surface area contributed by atoms with Crippen molar-refractivity contribution in [3.8, 4) is 6.07 Å². The van der Waals surface area contributed by atoms with Crippen molar-refractivity contribution in [2.75, 3.05) is 0 Å². The van der Waals surface area contributed by atoms with Crippen molar-refractivity contribution < 1.29 is 5.11 Å². The lowest BCUT2D eigenvalue weighted by Gasteiger charge is -2.26. The van der Waals surface area contributed by atoms with Crippen LogP contribution in [0.1, 0.15) is 41.2 Å². The number of hydrogen-bond acceptors (Lipinski definition) is 3. The van der Waals surface area contributed by atoms with E-state index in [1.54, 1.807) is 12.1 Å². The van der Waals surface area contributed by atoms with Gasteiger partial charge in [0.05, 0.1) is 17.7 Å². The fraction of sp³-hybridized carbons (Fsp3) is 0.278. The van der Waals surface area contributed by atoms with E-state index in [9.17, 15) is 5.11 Å². The predicted octanol–water partition coefficient (Wildman–Crippen LogP) is 4.00. The lowest BCUT2D eigenvalue weighted by molar-refractivity contribution is 0.166. The van der Waals surface area contributed by atoms with Crippen LogP contribution in [0.2, 0.25) is 0 Å². The zero-order valence-corrected chi connectivity index (χ0v) is 13.1. The first-order chi connectivity index (χ1) is 10.0. The minimum Gasteiger partial charge on any atom is -0.387 e. The van der Waals surface area contributed by atoms with E-state index in [-0.39, 0.29) is 11.2 Å². The van der Waals surface area contributed by atoms with Gasteiger partial charge in [0.15, 0.2) is 0 Å². The molecule has 2 rings (SSSR count). The molecule has 3 atom stereocenters. The van der Waals surface area contributed by atoms with Crippen molar-refractivity contribution in [3.05, 3.63) is 70.8 Å². The fourth-order valence-electron chi connectivity index (χ4n) is 2.43. The molecule has 1 N–H and O–H groups in total. The Bertz CT molecular complexity index is 645. The molecule has 0 radical (unpaired) electrons. The summed E-state index contributed by atoms with van der Waals surface area (Å²) in [6.07, 6.45) is -0.625. The van der Waals surface area contributed by atoms with Crippen LogP contribution in [0.4, 0.5) is 0 Å². The van der Waals surface area contributed by atoms with E-state index < -0.39 is 6.10 Å². The van der Waals surface area contributed by atoms with Gasteiger partial charge in [-0.25, -0.2) is 0 Å². The average molecular weight is 297 g/mol. The molecule has 2 aromatic rings. The third-order valence-corrected chi connectivity index (χ3v) is 4.64. The van der Waals surface area contributed by atoms with E-state index in [1.807, 2.05) is 50.2 Å². The van der Waals surface area contributed by atoms with Crippen molar-refractivity contribution in [1.82, 2.24) is 0 Å². The largest absolute Gasteiger partial charge is 0.387 e. The van der Waals surface area contributed by atoms with Crippen molar-refractivity contribution in [1.29, 1.82) is 5.26 Å². The number of aryl methyl sites for hydroxylation is 1. The first-order valence-corrected chi connectivity index (χ1v) is 7.48. The van der Waals surface area contributed by atoms with Gasteiger partial charge in [-0.2, -0.15) is 17.9 Å². The van der Waals surface area contributed by atoms with Gasteiger partial charge in [-0.15, -0.1) is 0 Å². The van der Waals surface area contributed by atoms with E-state index >= 15 is 0 Å². The zero-order valence-electron chi connectivity index (χ0n) is 12.2. The van der Waals surface area contributed by atoms with Crippen molar-refractivity contribution in [2.45, 2.75) is 31.1 Å². The number of thiol groups is 1. The monoisotopic (exact) mass is 297 g/mol. The molecule has 0 amide bonds. The summed E-state index contributed by atoms with van der Waals surface area (Å²) in [5.74, 6) is 0.0793. The maximum Gasteiger partial charge on any atom is 0.0991 e. The summed E-state index contributed by atoms with van der Waals surface area (Å²) in [6.45, 7) is 4.03. The second-order valence-corrected chi connectivity index (χ2v) is 5.91. The summed E-state index contributed by atoms with van der Waals surface area (Å²) in [7, 11) is 0. The molecule has 0 heterocycles. The number of aliphatic hydroxyl groups is 1. The standard InChI is InChI=1S/C18H19NOS/c1-12-5-3-4-6-16(12)17(20)18(21)13(2)15-9-7-14(11-19)8-10-15/h3-10,13,17-18,20-21H,1-2H3. The van der Waals surface area contributed by atoms with Gasteiger partial charge in [0.1, 0.15) is 0 Å². The van der Waals surface area contributed by atoms with Gasteiger partial charge in [-0.3, -0.25) is 0 Å². The number of hydrogen-bond donors (Lipinski definition) is 2. The lowest BCUT2D eigenvalue weighted by atomic mass is 9.90. The van der Waals surface area contributed by atoms with Crippen LogP contribution in [0, 0.1) is 18.3 Å². The van der Waals surface area contributed by atoms with Crippen LogP contribution in [-0.4, -0.2) is 10.4 Å². The van der Waals surface area contributed by atoms with E-state index in [4.69, 9.17) is 5.26 Å². The zero-order chi connectivity index (χ0) is 15.4. The Balaban J connectivity index is 2.20. The Morgan fingerprint density at radius 2 is 1.71 bits per heavy atom. The molecule has 21 heavy (non-hydrogen) atoms. The number of rotatable bonds is 4. The maximum atomic E-state index is 10.6. The molecule has 3 heteroatoms. The minimum absolute atomic E-state index is 0.0793. The molecule has 0 aliphatic heterocycles.